The predicted molar refractivity (Wildman–Crippen MR) is 79.7 cm³/mol. The predicted octanol–water partition coefficient (Wildman–Crippen LogP) is 1.61. The quantitative estimate of drug-likeness (QED) is 0.781. The molecule has 2 N–H and O–H groups in total. The van der Waals surface area contributed by atoms with Crippen molar-refractivity contribution in [1.29, 1.82) is 0 Å². The van der Waals surface area contributed by atoms with E-state index in [4.69, 9.17) is 4.74 Å². The van der Waals surface area contributed by atoms with Gasteiger partial charge in [0.2, 0.25) is 0 Å². The third-order valence-electron chi connectivity index (χ3n) is 2.59. The zero-order valence-corrected chi connectivity index (χ0v) is 12.6. The lowest BCUT2D eigenvalue weighted by molar-refractivity contribution is -0.124. The summed E-state index contributed by atoms with van der Waals surface area (Å²) in [6, 6.07) is 7.35. The van der Waals surface area contributed by atoms with Crippen LogP contribution in [0.2, 0.25) is 0 Å². The number of hydrogen-bond acceptors (Lipinski definition) is 4. The smallest absolute Gasteiger partial charge is 0.258 e. The van der Waals surface area contributed by atoms with E-state index in [2.05, 4.69) is 27.9 Å². The number of hydrogen-bond donors (Lipinski definition) is 2. The topological polar surface area (TPSA) is 58.6 Å². The summed E-state index contributed by atoms with van der Waals surface area (Å²) in [7, 11) is 0. The number of carbonyl (C=O) groups excluding carboxylic acids is 1. The molecule has 4 nitrogen and oxygen atoms in total. The number of benzene rings is 1. The van der Waals surface area contributed by atoms with Gasteiger partial charge in [0.05, 0.1) is 6.04 Å². The Balaban J connectivity index is 1.76. The van der Waals surface area contributed by atoms with Crippen molar-refractivity contribution < 1.29 is 14.6 Å². The molecule has 0 spiro atoms. The molecule has 2 rings (SSSR count). The van der Waals surface area contributed by atoms with Crippen molar-refractivity contribution in [2.45, 2.75) is 17.9 Å². The van der Waals surface area contributed by atoms with Crippen LogP contribution in [0.25, 0.3) is 0 Å². The molecule has 2 atom stereocenters. The van der Waals surface area contributed by atoms with Crippen molar-refractivity contribution in [2.75, 3.05) is 12.4 Å². The number of thioether (sulfide) groups is 1. The number of rotatable bonds is 4. The second-order valence-corrected chi connectivity index (χ2v) is 6.44. The van der Waals surface area contributed by atoms with Crippen LogP contribution in [0.4, 0.5) is 0 Å². The van der Waals surface area contributed by atoms with Crippen LogP contribution in [0, 0.1) is 3.57 Å². The molecule has 0 saturated carbocycles. The first-order valence-corrected chi connectivity index (χ1v) is 7.75. The van der Waals surface area contributed by atoms with Crippen LogP contribution in [-0.4, -0.2) is 34.9 Å². The van der Waals surface area contributed by atoms with E-state index < -0.39 is 5.44 Å². The van der Waals surface area contributed by atoms with Crippen LogP contribution >= 0.6 is 34.4 Å². The Hall–Kier alpha value is -0.470. The van der Waals surface area contributed by atoms with Gasteiger partial charge in [-0.3, -0.25) is 4.79 Å². The third kappa shape index (κ3) is 4.03. The second-order valence-electron chi connectivity index (χ2n) is 3.97. The Labute approximate surface area is 124 Å². The van der Waals surface area contributed by atoms with Crippen molar-refractivity contribution in [3.05, 3.63) is 27.8 Å². The largest absolute Gasteiger partial charge is 0.484 e. The minimum Gasteiger partial charge on any atom is -0.484 e. The molecule has 1 saturated heterocycles. The lowest BCUT2D eigenvalue weighted by atomic mass is 10.2. The maximum atomic E-state index is 11.6. The fraction of sp³-hybridized carbons (Fsp3) is 0.417. The molecule has 1 aliphatic heterocycles. The van der Waals surface area contributed by atoms with Gasteiger partial charge in [-0.05, 0) is 59.0 Å². The Morgan fingerprint density at radius 3 is 2.83 bits per heavy atom. The fourth-order valence-electron chi connectivity index (χ4n) is 1.65. The highest BCUT2D eigenvalue weighted by molar-refractivity contribution is 14.1. The van der Waals surface area contributed by atoms with E-state index in [0.29, 0.717) is 5.75 Å². The van der Waals surface area contributed by atoms with Crippen LogP contribution in [0.15, 0.2) is 24.3 Å². The molecule has 0 bridgehead atoms. The molecule has 18 heavy (non-hydrogen) atoms. The highest BCUT2D eigenvalue weighted by Crippen LogP contribution is 2.24. The average Bonchev–Trinajstić information content (AvgIpc) is 2.74. The van der Waals surface area contributed by atoms with Crippen molar-refractivity contribution in [1.82, 2.24) is 5.32 Å². The van der Waals surface area contributed by atoms with Gasteiger partial charge in [0, 0.05) is 3.57 Å². The molecule has 1 unspecified atom stereocenters. The Morgan fingerprint density at radius 1 is 1.50 bits per heavy atom. The lowest BCUT2D eigenvalue weighted by Crippen LogP contribution is -2.41. The van der Waals surface area contributed by atoms with Crippen LogP contribution in [0.3, 0.4) is 0 Å². The van der Waals surface area contributed by atoms with Crippen LogP contribution in [0.1, 0.15) is 6.42 Å². The van der Waals surface area contributed by atoms with Crippen molar-refractivity contribution in [3.63, 3.8) is 0 Å². The number of carbonyl (C=O) groups is 1. The molecule has 6 heteroatoms. The van der Waals surface area contributed by atoms with Crippen molar-refractivity contribution >= 4 is 40.3 Å². The molecule has 1 aromatic rings. The Morgan fingerprint density at radius 2 is 2.22 bits per heavy atom. The number of aliphatic hydroxyl groups is 1. The summed E-state index contributed by atoms with van der Waals surface area (Å²) in [5, 5.41) is 12.3. The zero-order valence-electron chi connectivity index (χ0n) is 9.64. The SMILES string of the molecule is O=C(COc1ccc(I)cc1)N[C@H]1CCSC1O. The molecule has 0 radical (unpaired) electrons. The highest BCUT2D eigenvalue weighted by Gasteiger charge is 2.27. The zero-order chi connectivity index (χ0) is 13.0. The molecule has 1 amide bonds. The van der Waals surface area contributed by atoms with E-state index >= 15 is 0 Å². The summed E-state index contributed by atoms with van der Waals surface area (Å²) in [6.07, 6.45) is 0.807. The minimum atomic E-state index is -0.493. The maximum Gasteiger partial charge on any atom is 0.258 e. The van der Waals surface area contributed by atoms with E-state index in [0.717, 1.165) is 15.7 Å². The van der Waals surface area contributed by atoms with Gasteiger partial charge in [0.15, 0.2) is 6.61 Å². The number of aliphatic hydroxyl groups excluding tert-OH is 1. The summed E-state index contributed by atoms with van der Waals surface area (Å²) in [6.45, 7) is -0.0194. The summed E-state index contributed by atoms with van der Waals surface area (Å²) in [4.78, 5) is 11.6. The molecule has 0 aliphatic carbocycles. The van der Waals surface area contributed by atoms with Gasteiger partial charge in [-0.2, -0.15) is 0 Å². The first-order chi connectivity index (χ1) is 8.65. The molecule has 0 aromatic heterocycles. The third-order valence-corrected chi connectivity index (χ3v) is 4.45. The molecular weight excluding hydrogens is 365 g/mol. The van der Waals surface area contributed by atoms with Crippen LogP contribution in [-0.2, 0) is 4.79 Å². The Kier molecular flexibility index (Phi) is 5.13. The van der Waals surface area contributed by atoms with E-state index in [1.54, 1.807) is 0 Å². The summed E-state index contributed by atoms with van der Waals surface area (Å²) >= 11 is 3.67. The molecule has 1 aromatic carbocycles. The summed E-state index contributed by atoms with van der Waals surface area (Å²) in [5.74, 6) is 1.36. The summed E-state index contributed by atoms with van der Waals surface area (Å²) < 4.78 is 6.49. The highest BCUT2D eigenvalue weighted by atomic mass is 127. The molecular formula is C12H14INO3S. The Bertz CT molecular complexity index is 412. The lowest BCUT2D eigenvalue weighted by Gasteiger charge is -2.15. The van der Waals surface area contributed by atoms with E-state index in [-0.39, 0.29) is 18.6 Å². The first-order valence-electron chi connectivity index (χ1n) is 5.62. The van der Waals surface area contributed by atoms with Gasteiger partial charge in [0.1, 0.15) is 11.2 Å². The molecule has 1 heterocycles. The average molecular weight is 379 g/mol. The number of ether oxygens (including phenoxy) is 1. The normalized spacial score (nSPS) is 22.8. The van der Waals surface area contributed by atoms with Crippen molar-refractivity contribution in [2.24, 2.45) is 0 Å². The monoisotopic (exact) mass is 379 g/mol. The molecule has 1 aliphatic rings. The van der Waals surface area contributed by atoms with Gasteiger partial charge in [-0.1, -0.05) is 0 Å². The van der Waals surface area contributed by atoms with Crippen LogP contribution < -0.4 is 10.1 Å². The first kappa shape index (κ1) is 14.0. The number of nitrogens with one attached hydrogen (secondary N) is 1. The molecule has 98 valence electrons. The summed E-state index contributed by atoms with van der Waals surface area (Å²) in [5.41, 5.74) is -0.493. The van der Waals surface area contributed by atoms with E-state index in [9.17, 15) is 9.90 Å². The second kappa shape index (κ2) is 6.63. The van der Waals surface area contributed by atoms with E-state index in [1.807, 2.05) is 24.3 Å². The molecule has 1 fully saturated rings. The number of halogens is 1. The van der Waals surface area contributed by atoms with E-state index in [1.165, 1.54) is 11.8 Å². The number of amides is 1. The van der Waals surface area contributed by atoms with Gasteiger partial charge >= 0.3 is 0 Å². The minimum absolute atomic E-state index is 0.0194. The maximum absolute atomic E-state index is 11.6. The van der Waals surface area contributed by atoms with Crippen molar-refractivity contribution in [3.8, 4) is 5.75 Å². The van der Waals surface area contributed by atoms with Gasteiger partial charge in [-0.15, -0.1) is 11.8 Å². The van der Waals surface area contributed by atoms with Gasteiger partial charge in [-0.25, -0.2) is 0 Å². The van der Waals surface area contributed by atoms with Gasteiger partial charge in [0.25, 0.3) is 5.91 Å². The van der Waals surface area contributed by atoms with Crippen LogP contribution in [0.5, 0.6) is 5.75 Å². The standard InChI is InChI=1S/C12H14INO3S/c13-8-1-3-9(4-2-8)17-7-11(15)14-10-5-6-18-12(10)16/h1-4,10,12,16H,5-7H2,(H,14,15)/t10-,12?/m0/s1. The fourth-order valence-corrected chi connectivity index (χ4v) is 3.07. The van der Waals surface area contributed by atoms with Gasteiger partial charge < -0.3 is 15.2 Å².